The molecule has 1 heterocycles. The topological polar surface area (TPSA) is 20.3 Å². The molecule has 2 heteroatoms. The summed E-state index contributed by atoms with van der Waals surface area (Å²) in [5, 5.41) is 0. The van der Waals surface area contributed by atoms with E-state index in [2.05, 4.69) is 39.5 Å². The van der Waals surface area contributed by atoms with Crippen LogP contribution in [0.5, 0.6) is 0 Å². The van der Waals surface area contributed by atoms with E-state index in [1.807, 2.05) is 0 Å². The number of hydrogen-bond acceptors (Lipinski definition) is 1. The average Bonchev–Trinajstić information content (AvgIpc) is 2.19. The summed E-state index contributed by atoms with van der Waals surface area (Å²) in [6.45, 7) is 12.1. The van der Waals surface area contributed by atoms with Gasteiger partial charge in [-0.3, -0.25) is 4.79 Å². The van der Waals surface area contributed by atoms with Crippen molar-refractivity contribution < 1.29 is 4.79 Å². The highest BCUT2D eigenvalue weighted by Crippen LogP contribution is 2.38. The minimum absolute atomic E-state index is 0.0201. The molecule has 2 nitrogen and oxygen atoms in total. The molecule has 1 aliphatic rings. The number of carbonyl (C=O) groups is 1. The van der Waals surface area contributed by atoms with Gasteiger partial charge in [-0.05, 0) is 44.9 Å². The molecule has 0 unspecified atom stereocenters. The summed E-state index contributed by atoms with van der Waals surface area (Å²) in [5.74, 6) is 0.338. The number of hydrogen-bond donors (Lipinski definition) is 0. The summed E-state index contributed by atoms with van der Waals surface area (Å²) in [4.78, 5) is 14.2. The fraction of sp³-hybridized carbons (Fsp3) is 0.929. The van der Waals surface area contributed by atoms with Crippen molar-refractivity contribution in [3.05, 3.63) is 0 Å². The summed E-state index contributed by atoms with van der Waals surface area (Å²) in [6.07, 6.45) is 5.13. The van der Waals surface area contributed by atoms with Crippen molar-refractivity contribution in [2.75, 3.05) is 6.54 Å². The van der Waals surface area contributed by atoms with Crippen molar-refractivity contribution >= 4 is 5.91 Å². The van der Waals surface area contributed by atoms with Gasteiger partial charge in [0.15, 0.2) is 0 Å². The van der Waals surface area contributed by atoms with Crippen LogP contribution >= 0.6 is 0 Å². The highest BCUT2D eigenvalue weighted by Gasteiger charge is 2.38. The van der Waals surface area contributed by atoms with E-state index in [1.165, 1.54) is 6.42 Å². The van der Waals surface area contributed by atoms with Crippen molar-refractivity contribution in [2.45, 2.75) is 72.3 Å². The standard InChI is InChI=1S/C14H27NO/c1-6-8-12(16)15-10-7-9-13(2,3)11-14(15,4)5/h6-11H2,1-5H3. The SMILES string of the molecule is CCCC(=O)N1CCCC(C)(C)CC1(C)C. The Bertz CT molecular complexity index is 255. The third kappa shape index (κ3) is 3.23. The molecular formula is C14H27NO. The number of carbonyl (C=O) groups excluding carboxylic acids is 1. The molecule has 0 spiro atoms. The van der Waals surface area contributed by atoms with Crippen LogP contribution < -0.4 is 0 Å². The Morgan fingerprint density at radius 1 is 1.25 bits per heavy atom. The van der Waals surface area contributed by atoms with Crippen molar-refractivity contribution in [2.24, 2.45) is 5.41 Å². The van der Waals surface area contributed by atoms with Gasteiger partial charge in [0.2, 0.25) is 5.91 Å². The van der Waals surface area contributed by atoms with Crippen molar-refractivity contribution in [1.29, 1.82) is 0 Å². The van der Waals surface area contributed by atoms with Gasteiger partial charge in [-0.2, -0.15) is 0 Å². The van der Waals surface area contributed by atoms with Crippen LogP contribution in [-0.2, 0) is 4.79 Å². The maximum atomic E-state index is 12.1. The van der Waals surface area contributed by atoms with E-state index in [0.717, 1.165) is 25.8 Å². The van der Waals surface area contributed by atoms with Gasteiger partial charge < -0.3 is 4.90 Å². The van der Waals surface area contributed by atoms with E-state index in [0.29, 0.717) is 17.7 Å². The van der Waals surface area contributed by atoms with E-state index < -0.39 is 0 Å². The zero-order valence-corrected chi connectivity index (χ0v) is 11.6. The quantitative estimate of drug-likeness (QED) is 0.703. The lowest BCUT2D eigenvalue weighted by Crippen LogP contribution is -2.48. The maximum Gasteiger partial charge on any atom is 0.222 e. The smallest absolute Gasteiger partial charge is 0.222 e. The Kier molecular flexibility index (Phi) is 4.03. The van der Waals surface area contributed by atoms with Crippen LogP contribution in [0, 0.1) is 5.41 Å². The molecule has 0 bridgehead atoms. The molecule has 0 aliphatic carbocycles. The van der Waals surface area contributed by atoms with Crippen molar-refractivity contribution in [3.8, 4) is 0 Å². The molecule has 1 amide bonds. The van der Waals surface area contributed by atoms with Crippen LogP contribution in [0.15, 0.2) is 0 Å². The Morgan fingerprint density at radius 2 is 1.88 bits per heavy atom. The van der Waals surface area contributed by atoms with Gasteiger partial charge in [-0.15, -0.1) is 0 Å². The van der Waals surface area contributed by atoms with Crippen molar-refractivity contribution in [3.63, 3.8) is 0 Å². The van der Waals surface area contributed by atoms with Crippen LogP contribution in [-0.4, -0.2) is 22.9 Å². The number of rotatable bonds is 2. The Hall–Kier alpha value is -0.530. The summed E-state index contributed by atoms with van der Waals surface area (Å²) in [5.41, 5.74) is 0.386. The molecule has 1 aliphatic heterocycles. The minimum Gasteiger partial charge on any atom is -0.338 e. The fourth-order valence-corrected chi connectivity index (χ4v) is 3.18. The molecule has 0 saturated carbocycles. The van der Waals surface area contributed by atoms with Gasteiger partial charge in [0.1, 0.15) is 0 Å². The lowest BCUT2D eigenvalue weighted by atomic mass is 9.78. The monoisotopic (exact) mass is 225 g/mol. The van der Waals surface area contributed by atoms with Gasteiger partial charge >= 0.3 is 0 Å². The largest absolute Gasteiger partial charge is 0.338 e. The van der Waals surface area contributed by atoms with Crippen LogP contribution in [0.3, 0.4) is 0 Å². The Labute approximate surface area is 100 Å². The summed E-state index contributed by atoms with van der Waals surface area (Å²) in [7, 11) is 0. The highest BCUT2D eigenvalue weighted by molar-refractivity contribution is 5.77. The van der Waals surface area contributed by atoms with Gasteiger partial charge in [0.25, 0.3) is 0 Å². The van der Waals surface area contributed by atoms with E-state index in [1.54, 1.807) is 0 Å². The predicted molar refractivity (Wildman–Crippen MR) is 68.3 cm³/mol. The first-order valence-electron chi connectivity index (χ1n) is 6.59. The zero-order valence-electron chi connectivity index (χ0n) is 11.6. The zero-order chi connectivity index (χ0) is 12.4. The maximum absolute atomic E-state index is 12.1. The van der Waals surface area contributed by atoms with Gasteiger partial charge in [0, 0.05) is 18.5 Å². The summed E-state index contributed by atoms with van der Waals surface area (Å²) < 4.78 is 0. The number of amides is 1. The Morgan fingerprint density at radius 3 is 2.44 bits per heavy atom. The third-order valence-corrected chi connectivity index (χ3v) is 3.64. The molecule has 1 saturated heterocycles. The van der Waals surface area contributed by atoms with E-state index in [4.69, 9.17) is 0 Å². The number of nitrogens with zero attached hydrogens (tertiary/aromatic N) is 1. The second-order valence-electron chi connectivity index (χ2n) is 6.55. The third-order valence-electron chi connectivity index (χ3n) is 3.64. The minimum atomic E-state index is 0.0201. The van der Waals surface area contributed by atoms with E-state index in [-0.39, 0.29) is 5.54 Å². The second-order valence-corrected chi connectivity index (χ2v) is 6.55. The molecule has 0 N–H and O–H groups in total. The lowest BCUT2D eigenvalue weighted by molar-refractivity contribution is -0.136. The van der Waals surface area contributed by atoms with Gasteiger partial charge in [-0.25, -0.2) is 0 Å². The molecular weight excluding hydrogens is 198 g/mol. The molecule has 94 valence electrons. The molecule has 0 radical (unpaired) electrons. The molecule has 0 atom stereocenters. The lowest BCUT2D eigenvalue weighted by Gasteiger charge is -2.40. The second kappa shape index (κ2) is 4.77. The summed E-state index contributed by atoms with van der Waals surface area (Å²) in [6, 6.07) is 0. The summed E-state index contributed by atoms with van der Waals surface area (Å²) >= 11 is 0. The highest BCUT2D eigenvalue weighted by atomic mass is 16.2. The molecule has 1 fully saturated rings. The van der Waals surface area contributed by atoms with E-state index >= 15 is 0 Å². The molecule has 0 aromatic rings. The predicted octanol–water partition coefficient (Wildman–Crippen LogP) is 3.60. The average molecular weight is 225 g/mol. The van der Waals surface area contributed by atoms with Crippen LogP contribution in [0.2, 0.25) is 0 Å². The molecule has 16 heavy (non-hydrogen) atoms. The van der Waals surface area contributed by atoms with Crippen LogP contribution in [0.1, 0.15) is 66.7 Å². The number of likely N-dealkylation sites (tertiary alicyclic amines) is 1. The first kappa shape index (κ1) is 13.5. The fourth-order valence-electron chi connectivity index (χ4n) is 3.18. The first-order chi connectivity index (χ1) is 7.28. The molecule has 0 aromatic heterocycles. The normalized spacial score (nSPS) is 23.9. The first-order valence-corrected chi connectivity index (χ1v) is 6.59. The molecule has 1 rings (SSSR count). The van der Waals surface area contributed by atoms with Gasteiger partial charge in [0.05, 0.1) is 0 Å². The Balaban J connectivity index is 2.81. The molecule has 0 aromatic carbocycles. The van der Waals surface area contributed by atoms with Crippen molar-refractivity contribution in [1.82, 2.24) is 4.90 Å². The van der Waals surface area contributed by atoms with Crippen LogP contribution in [0.25, 0.3) is 0 Å². The van der Waals surface area contributed by atoms with E-state index in [9.17, 15) is 4.79 Å². The van der Waals surface area contributed by atoms with Gasteiger partial charge in [-0.1, -0.05) is 20.8 Å². The van der Waals surface area contributed by atoms with Crippen LogP contribution in [0.4, 0.5) is 0 Å².